The molecule has 0 atom stereocenters. The van der Waals surface area contributed by atoms with Crippen LogP contribution in [0.5, 0.6) is 11.5 Å². The normalized spacial score (nSPS) is 11.3. The summed E-state index contributed by atoms with van der Waals surface area (Å²) in [5.41, 5.74) is 3.82. The summed E-state index contributed by atoms with van der Waals surface area (Å²) in [4.78, 5) is 0. The molecule has 0 amide bonds. The maximum absolute atomic E-state index is 5.30. The van der Waals surface area contributed by atoms with Crippen molar-refractivity contribution in [2.75, 3.05) is 14.2 Å². The van der Waals surface area contributed by atoms with Crippen molar-refractivity contribution in [2.45, 2.75) is 19.8 Å². The van der Waals surface area contributed by atoms with Gasteiger partial charge in [-0.2, -0.15) is 0 Å². The van der Waals surface area contributed by atoms with Crippen molar-refractivity contribution in [1.82, 2.24) is 0 Å². The highest BCUT2D eigenvalue weighted by Gasteiger charge is 2.01. The van der Waals surface area contributed by atoms with Gasteiger partial charge in [0, 0.05) is 6.07 Å². The monoisotopic (exact) mass is 282 g/mol. The molecule has 0 unspecified atom stereocenters. The van der Waals surface area contributed by atoms with E-state index in [9.17, 15) is 0 Å². The fourth-order valence-corrected chi connectivity index (χ4v) is 2.26. The van der Waals surface area contributed by atoms with E-state index in [4.69, 9.17) is 9.47 Å². The minimum atomic E-state index is 0.816. The lowest BCUT2D eigenvalue weighted by atomic mass is 10.0. The van der Waals surface area contributed by atoms with Crippen molar-refractivity contribution >= 4 is 6.08 Å². The molecule has 2 aromatic rings. The van der Waals surface area contributed by atoms with E-state index in [1.165, 1.54) is 11.1 Å². The lowest BCUT2D eigenvalue weighted by Gasteiger charge is -2.07. The average Bonchev–Trinajstić information content (AvgIpc) is 2.53. The minimum Gasteiger partial charge on any atom is -0.497 e. The third-order valence-corrected chi connectivity index (χ3v) is 3.44. The highest BCUT2D eigenvalue weighted by Crippen LogP contribution is 2.24. The molecule has 0 aliphatic heterocycles. The van der Waals surface area contributed by atoms with Crippen LogP contribution >= 0.6 is 0 Å². The number of aryl methyl sites for hydroxylation is 1. The number of ether oxygens (including phenoxy) is 2. The van der Waals surface area contributed by atoms with Gasteiger partial charge in [-0.3, -0.25) is 0 Å². The summed E-state index contributed by atoms with van der Waals surface area (Å²) in [6.07, 6.45) is 4.29. The zero-order chi connectivity index (χ0) is 15.1. The molecule has 0 bridgehead atoms. The minimum absolute atomic E-state index is 0.816. The van der Waals surface area contributed by atoms with Gasteiger partial charge in [0.05, 0.1) is 14.2 Å². The first kappa shape index (κ1) is 15.2. The molecule has 21 heavy (non-hydrogen) atoms. The summed E-state index contributed by atoms with van der Waals surface area (Å²) in [6, 6.07) is 16.5. The van der Waals surface area contributed by atoms with Crippen LogP contribution in [0.4, 0.5) is 0 Å². The number of methoxy groups -OCH3 is 2. The second-order valence-electron chi connectivity index (χ2n) is 5.12. The second kappa shape index (κ2) is 7.53. The third-order valence-electron chi connectivity index (χ3n) is 3.44. The van der Waals surface area contributed by atoms with Crippen molar-refractivity contribution in [3.05, 3.63) is 65.2 Å². The fraction of sp³-hybridized carbons (Fsp3) is 0.263. The summed E-state index contributed by atoms with van der Waals surface area (Å²) < 4.78 is 10.6. The molecule has 2 rings (SSSR count). The molecule has 0 radical (unpaired) electrons. The Bertz CT molecular complexity index is 578. The Balaban J connectivity index is 2.07. The number of hydrogen-bond acceptors (Lipinski definition) is 2. The Hall–Kier alpha value is -2.22. The van der Waals surface area contributed by atoms with Crippen molar-refractivity contribution in [3.63, 3.8) is 0 Å². The first-order valence-corrected chi connectivity index (χ1v) is 7.15. The molecule has 0 fully saturated rings. The zero-order valence-corrected chi connectivity index (χ0v) is 12.9. The van der Waals surface area contributed by atoms with Crippen LogP contribution in [0.3, 0.4) is 0 Å². The van der Waals surface area contributed by atoms with Crippen molar-refractivity contribution < 1.29 is 9.47 Å². The maximum Gasteiger partial charge on any atom is 0.123 e. The van der Waals surface area contributed by atoms with E-state index in [0.29, 0.717) is 0 Å². The molecule has 0 aromatic heterocycles. The molecule has 0 N–H and O–H groups in total. The van der Waals surface area contributed by atoms with Crippen LogP contribution in [-0.4, -0.2) is 14.2 Å². The molecule has 2 heteroatoms. The smallest absolute Gasteiger partial charge is 0.123 e. The van der Waals surface area contributed by atoms with Gasteiger partial charge >= 0.3 is 0 Å². The van der Waals surface area contributed by atoms with Crippen LogP contribution in [0.15, 0.2) is 54.1 Å². The molecule has 0 heterocycles. The Labute approximate surface area is 127 Å². The van der Waals surface area contributed by atoms with Crippen LogP contribution in [0.25, 0.3) is 6.08 Å². The standard InChI is InChI=1S/C19H22O2/c1-15(9-10-16-7-5-4-6-8-16)11-17-12-18(20-2)14-19(13-17)21-3/h4-8,11-14H,9-10H2,1-3H3. The molecule has 110 valence electrons. The molecular weight excluding hydrogens is 260 g/mol. The Kier molecular flexibility index (Phi) is 5.44. The highest BCUT2D eigenvalue weighted by atomic mass is 16.5. The number of rotatable bonds is 6. The molecule has 0 spiro atoms. The lowest BCUT2D eigenvalue weighted by Crippen LogP contribution is -1.89. The number of allylic oxidation sites excluding steroid dienone is 1. The van der Waals surface area contributed by atoms with Crippen LogP contribution in [0, 0.1) is 0 Å². The summed E-state index contributed by atoms with van der Waals surface area (Å²) in [5.74, 6) is 1.63. The number of hydrogen-bond donors (Lipinski definition) is 0. The van der Waals surface area contributed by atoms with Crippen LogP contribution < -0.4 is 9.47 Å². The number of benzene rings is 2. The third kappa shape index (κ3) is 4.67. The summed E-state index contributed by atoms with van der Waals surface area (Å²) in [6.45, 7) is 2.16. The van der Waals surface area contributed by atoms with Gasteiger partial charge in [0.25, 0.3) is 0 Å². The van der Waals surface area contributed by atoms with E-state index in [1.54, 1.807) is 14.2 Å². The Morgan fingerprint density at radius 2 is 1.57 bits per heavy atom. The summed E-state index contributed by atoms with van der Waals surface area (Å²) in [5, 5.41) is 0. The molecule has 0 saturated carbocycles. The van der Waals surface area contributed by atoms with E-state index < -0.39 is 0 Å². The van der Waals surface area contributed by atoms with E-state index in [-0.39, 0.29) is 0 Å². The molecule has 0 aliphatic rings. The first-order valence-electron chi connectivity index (χ1n) is 7.15. The largest absolute Gasteiger partial charge is 0.497 e. The van der Waals surface area contributed by atoms with Crippen molar-refractivity contribution in [1.29, 1.82) is 0 Å². The van der Waals surface area contributed by atoms with Gasteiger partial charge < -0.3 is 9.47 Å². The van der Waals surface area contributed by atoms with E-state index in [2.05, 4.69) is 43.3 Å². The van der Waals surface area contributed by atoms with Gasteiger partial charge in [0.1, 0.15) is 11.5 Å². The Morgan fingerprint density at radius 1 is 0.952 bits per heavy atom. The zero-order valence-electron chi connectivity index (χ0n) is 12.9. The van der Waals surface area contributed by atoms with E-state index in [1.807, 2.05) is 18.2 Å². The molecular formula is C19H22O2. The van der Waals surface area contributed by atoms with Gasteiger partial charge in [-0.1, -0.05) is 42.0 Å². The van der Waals surface area contributed by atoms with Gasteiger partial charge in [0.2, 0.25) is 0 Å². The molecule has 0 aliphatic carbocycles. The van der Waals surface area contributed by atoms with Gasteiger partial charge in [0.15, 0.2) is 0 Å². The van der Waals surface area contributed by atoms with Crippen LogP contribution in [-0.2, 0) is 6.42 Å². The van der Waals surface area contributed by atoms with E-state index in [0.717, 1.165) is 29.9 Å². The van der Waals surface area contributed by atoms with Crippen LogP contribution in [0.2, 0.25) is 0 Å². The quantitative estimate of drug-likeness (QED) is 0.762. The lowest BCUT2D eigenvalue weighted by molar-refractivity contribution is 0.394. The second-order valence-corrected chi connectivity index (χ2v) is 5.12. The first-order chi connectivity index (χ1) is 10.2. The predicted octanol–water partition coefficient (Wildman–Crippen LogP) is 4.74. The van der Waals surface area contributed by atoms with Gasteiger partial charge in [-0.05, 0) is 43.0 Å². The SMILES string of the molecule is COc1cc(C=C(C)CCc2ccccc2)cc(OC)c1. The van der Waals surface area contributed by atoms with Crippen molar-refractivity contribution in [3.8, 4) is 11.5 Å². The molecule has 2 nitrogen and oxygen atoms in total. The van der Waals surface area contributed by atoms with Gasteiger partial charge in [-0.25, -0.2) is 0 Å². The summed E-state index contributed by atoms with van der Waals surface area (Å²) in [7, 11) is 3.34. The summed E-state index contributed by atoms with van der Waals surface area (Å²) >= 11 is 0. The maximum atomic E-state index is 5.30. The Morgan fingerprint density at radius 3 is 2.14 bits per heavy atom. The van der Waals surface area contributed by atoms with Crippen molar-refractivity contribution in [2.24, 2.45) is 0 Å². The molecule has 2 aromatic carbocycles. The van der Waals surface area contributed by atoms with Gasteiger partial charge in [-0.15, -0.1) is 0 Å². The predicted molar refractivity (Wildman–Crippen MR) is 88.0 cm³/mol. The average molecular weight is 282 g/mol. The molecule has 0 saturated heterocycles. The topological polar surface area (TPSA) is 18.5 Å². The fourth-order valence-electron chi connectivity index (χ4n) is 2.26. The van der Waals surface area contributed by atoms with E-state index >= 15 is 0 Å². The van der Waals surface area contributed by atoms with Crippen LogP contribution in [0.1, 0.15) is 24.5 Å². The highest BCUT2D eigenvalue weighted by molar-refractivity contribution is 5.57.